The standard InChI is InChI=1S/C13H28O3Si/c1-5-7-8-9-10-13(12-14)17(15-3,16-4)11-6-2/h12-13H,5-11H2,1-4H3. The zero-order valence-corrected chi connectivity index (χ0v) is 12.8. The number of unbranched alkanes of at least 4 members (excludes halogenated alkanes) is 3. The Morgan fingerprint density at radius 2 is 1.71 bits per heavy atom. The third kappa shape index (κ3) is 5.32. The average molecular weight is 260 g/mol. The van der Waals surface area contributed by atoms with Gasteiger partial charge in [0.2, 0.25) is 0 Å². The first-order valence-electron chi connectivity index (χ1n) is 6.76. The number of carbonyl (C=O) groups excluding carboxylic acids is 1. The number of aldehydes is 1. The maximum atomic E-state index is 11.3. The molecule has 0 spiro atoms. The van der Waals surface area contributed by atoms with Gasteiger partial charge in [0.05, 0.1) is 5.54 Å². The predicted molar refractivity (Wildman–Crippen MR) is 73.4 cm³/mol. The summed E-state index contributed by atoms with van der Waals surface area (Å²) in [6.07, 6.45) is 7.74. The SMILES string of the molecule is CCCCCCC(C=O)[Si](CCC)(OC)OC. The summed E-state index contributed by atoms with van der Waals surface area (Å²) in [6, 6.07) is 0.900. The van der Waals surface area contributed by atoms with Gasteiger partial charge in [-0.2, -0.15) is 0 Å². The lowest BCUT2D eigenvalue weighted by Gasteiger charge is -2.32. The van der Waals surface area contributed by atoms with Crippen LogP contribution in [-0.4, -0.2) is 29.1 Å². The van der Waals surface area contributed by atoms with Crippen molar-refractivity contribution in [3.63, 3.8) is 0 Å². The molecule has 0 saturated carbocycles. The van der Waals surface area contributed by atoms with E-state index in [-0.39, 0.29) is 5.54 Å². The van der Waals surface area contributed by atoms with Crippen LogP contribution in [0.5, 0.6) is 0 Å². The lowest BCUT2D eigenvalue weighted by molar-refractivity contribution is -0.108. The van der Waals surface area contributed by atoms with E-state index in [0.717, 1.165) is 31.6 Å². The van der Waals surface area contributed by atoms with Gasteiger partial charge in [-0.25, -0.2) is 0 Å². The largest absolute Gasteiger partial charge is 0.397 e. The summed E-state index contributed by atoms with van der Waals surface area (Å²) in [5.41, 5.74) is -0.0192. The second kappa shape index (κ2) is 9.80. The van der Waals surface area contributed by atoms with Crippen LogP contribution in [0.4, 0.5) is 0 Å². The Kier molecular flexibility index (Phi) is 9.69. The molecular weight excluding hydrogens is 232 g/mol. The highest BCUT2D eigenvalue weighted by Crippen LogP contribution is 2.31. The van der Waals surface area contributed by atoms with Crippen molar-refractivity contribution in [2.75, 3.05) is 14.2 Å². The monoisotopic (exact) mass is 260 g/mol. The van der Waals surface area contributed by atoms with E-state index in [2.05, 4.69) is 13.8 Å². The van der Waals surface area contributed by atoms with Gasteiger partial charge < -0.3 is 13.6 Å². The summed E-state index contributed by atoms with van der Waals surface area (Å²) < 4.78 is 11.2. The molecule has 0 amide bonds. The number of carbonyl (C=O) groups is 1. The molecule has 0 bridgehead atoms. The fraction of sp³-hybridized carbons (Fsp3) is 0.923. The van der Waals surface area contributed by atoms with Crippen LogP contribution in [0.25, 0.3) is 0 Å². The van der Waals surface area contributed by atoms with Crippen molar-refractivity contribution in [3.8, 4) is 0 Å². The molecule has 0 fully saturated rings. The van der Waals surface area contributed by atoms with E-state index in [0.29, 0.717) is 0 Å². The smallest absolute Gasteiger partial charge is 0.348 e. The lowest BCUT2D eigenvalue weighted by Crippen LogP contribution is -2.45. The molecule has 0 aromatic rings. The average Bonchev–Trinajstić information content (AvgIpc) is 2.37. The summed E-state index contributed by atoms with van der Waals surface area (Å²) >= 11 is 0. The molecule has 0 radical (unpaired) electrons. The molecule has 0 aromatic carbocycles. The molecule has 17 heavy (non-hydrogen) atoms. The fourth-order valence-electron chi connectivity index (χ4n) is 2.31. The summed E-state index contributed by atoms with van der Waals surface area (Å²) in [7, 11) is 1.08. The maximum Gasteiger partial charge on any atom is 0.348 e. The van der Waals surface area contributed by atoms with Crippen molar-refractivity contribution in [2.24, 2.45) is 0 Å². The molecule has 0 rings (SSSR count). The normalized spacial score (nSPS) is 13.6. The quantitative estimate of drug-likeness (QED) is 0.323. The molecular formula is C13H28O3Si. The highest BCUT2D eigenvalue weighted by molar-refractivity contribution is 6.71. The van der Waals surface area contributed by atoms with Gasteiger partial charge in [0.15, 0.2) is 0 Å². The Labute approximate surface area is 107 Å². The minimum atomic E-state index is -2.30. The molecule has 1 unspecified atom stereocenters. The molecule has 0 saturated heterocycles. The summed E-state index contributed by atoms with van der Waals surface area (Å²) in [5.74, 6) is 0. The second-order valence-electron chi connectivity index (χ2n) is 4.56. The Balaban J connectivity index is 4.39. The van der Waals surface area contributed by atoms with Crippen molar-refractivity contribution >= 4 is 14.8 Å². The van der Waals surface area contributed by atoms with E-state index in [4.69, 9.17) is 8.85 Å². The molecule has 0 aliphatic heterocycles. The van der Waals surface area contributed by atoms with E-state index in [1.165, 1.54) is 19.3 Å². The van der Waals surface area contributed by atoms with Crippen molar-refractivity contribution in [3.05, 3.63) is 0 Å². The van der Waals surface area contributed by atoms with Gasteiger partial charge in [0, 0.05) is 14.2 Å². The van der Waals surface area contributed by atoms with Gasteiger partial charge in [-0.05, 0) is 12.5 Å². The zero-order valence-electron chi connectivity index (χ0n) is 11.8. The summed E-state index contributed by atoms with van der Waals surface area (Å²) in [5, 5.41) is 0. The molecule has 0 aliphatic carbocycles. The molecule has 0 N–H and O–H groups in total. The Morgan fingerprint density at radius 3 is 2.12 bits per heavy atom. The van der Waals surface area contributed by atoms with Gasteiger partial charge in [0.1, 0.15) is 6.29 Å². The zero-order chi connectivity index (χ0) is 13.1. The van der Waals surface area contributed by atoms with Crippen LogP contribution >= 0.6 is 0 Å². The van der Waals surface area contributed by atoms with Gasteiger partial charge in [-0.15, -0.1) is 0 Å². The van der Waals surface area contributed by atoms with Gasteiger partial charge >= 0.3 is 8.56 Å². The third-order valence-corrected chi connectivity index (χ3v) is 7.52. The van der Waals surface area contributed by atoms with Crippen LogP contribution in [0.3, 0.4) is 0 Å². The van der Waals surface area contributed by atoms with Crippen LogP contribution in [0.1, 0.15) is 52.4 Å². The summed E-state index contributed by atoms with van der Waals surface area (Å²) in [6.45, 7) is 4.30. The molecule has 0 heterocycles. The summed E-state index contributed by atoms with van der Waals surface area (Å²) in [4.78, 5) is 11.3. The van der Waals surface area contributed by atoms with E-state index < -0.39 is 8.56 Å². The van der Waals surface area contributed by atoms with Crippen LogP contribution in [0.2, 0.25) is 11.6 Å². The van der Waals surface area contributed by atoms with Gasteiger partial charge in [-0.1, -0.05) is 46.0 Å². The van der Waals surface area contributed by atoms with Crippen molar-refractivity contribution < 1.29 is 13.6 Å². The first-order valence-corrected chi connectivity index (χ1v) is 8.86. The Morgan fingerprint density at radius 1 is 1.06 bits per heavy atom. The predicted octanol–water partition coefficient (Wildman–Crippen LogP) is 3.67. The molecule has 0 aliphatic rings. The fourth-order valence-corrected chi connectivity index (χ4v) is 5.41. The molecule has 102 valence electrons. The van der Waals surface area contributed by atoms with E-state index in [1.807, 2.05) is 0 Å². The molecule has 0 aromatic heterocycles. The van der Waals surface area contributed by atoms with Crippen LogP contribution in [0.15, 0.2) is 0 Å². The lowest BCUT2D eigenvalue weighted by atomic mass is 10.1. The van der Waals surface area contributed by atoms with Crippen molar-refractivity contribution in [2.45, 2.75) is 64.0 Å². The van der Waals surface area contributed by atoms with E-state index >= 15 is 0 Å². The van der Waals surface area contributed by atoms with E-state index in [1.54, 1.807) is 14.2 Å². The van der Waals surface area contributed by atoms with Crippen molar-refractivity contribution in [1.82, 2.24) is 0 Å². The third-order valence-electron chi connectivity index (χ3n) is 3.39. The van der Waals surface area contributed by atoms with Gasteiger partial charge in [0.25, 0.3) is 0 Å². The second-order valence-corrected chi connectivity index (χ2v) is 8.24. The first kappa shape index (κ1) is 16.8. The minimum Gasteiger partial charge on any atom is -0.397 e. The van der Waals surface area contributed by atoms with E-state index in [9.17, 15) is 4.79 Å². The Bertz CT molecular complexity index is 193. The van der Waals surface area contributed by atoms with Crippen molar-refractivity contribution in [1.29, 1.82) is 0 Å². The Hall–Kier alpha value is -0.193. The maximum absolute atomic E-state index is 11.3. The molecule has 3 nitrogen and oxygen atoms in total. The molecule has 1 atom stereocenters. The molecule has 4 heteroatoms. The highest BCUT2D eigenvalue weighted by atomic mass is 28.4. The van der Waals surface area contributed by atoms with Crippen LogP contribution in [0, 0.1) is 0 Å². The number of rotatable bonds is 11. The number of hydrogen-bond donors (Lipinski definition) is 0. The minimum absolute atomic E-state index is 0.0192. The number of hydrogen-bond acceptors (Lipinski definition) is 3. The topological polar surface area (TPSA) is 35.5 Å². The van der Waals surface area contributed by atoms with Crippen LogP contribution in [-0.2, 0) is 13.6 Å². The van der Waals surface area contributed by atoms with Crippen LogP contribution < -0.4 is 0 Å². The van der Waals surface area contributed by atoms with Gasteiger partial charge in [-0.3, -0.25) is 0 Å². The first-order chi connectivity index (χ1) is 8.20. The highest BCUT2D eigenvalue weighted by Gasteiger charge is 2.43.